The lowest BCUT2D eigenvalue weighted by atomic mass is 9.95. The zero-order valence-corrected chi connectivity index (χ0v) is 10.9. The molecule has 0 aliphatic carbocycles. The van der Waals surface area contributed by atoms with Crippen molar-refractivity contribution in [1.82, 2.24) is 9.88 Å². The minimum absolute atomic E-state index is 0.555. The normalized spacial score (nSPS) is 21.4. The van der Waals surface area contributed by atoms with Gasteiger partial charge in [-0.25, -0.2) is 4.98 Å². The van der Waals surface area contributed by atoms with Gasteiger partial charge >= 0.3 is 0 Å². The van der Waals surface area contributed by atoms with Crippen molar-refractivity contribution in [3.05, 3.63) is 23.9 Å². The van der Waals surface area contributed by atoms with Crippen LogP contribution >= 0.6 is 0 Å². The second-order valence-electron chi connectivity index (χ2n) is 4.74. The van der Waals surface area contributed by atoms with Gasteiger partial charge in [0.25, 0.3) is 0 Å². The van der Waals surface area contributed by atoms with Gasteiger partial charge in [0.2, 0.25) is 0 Å². The molecule has 0 amide bonds. The largest absolute Gasteiger partial charge is 0.373 e. The minimum atomic E-state index is 0.555. The van der Waals surface area contributed by atoms with Crippen molar-refractivity contribution in [3.8, 4) is 0 Å². The number of aromatic nitrogens is 1. The Labute approximate surface area is 104 Å². The number of anilines is 1. The molecule has 0 saturated carbocycles. The number of nitrogens with zero attached hydrogens (tertiary/aromatic N) is 2. The van der Waals surface area contributed by atoms with E-state index >= 15 is 0 Å². The first-order chi connectivity index (χ1) is 8.36. The van der Waals surface area contributed by atoms with Gasteiger partial charge in [0, 0.05) is 24.8 Å². The zero-order chi connectivity index (χ0) is 12.1. The molecule has 1 N–H and O–H groups in total. The van der Waals surface area contributed by atoms with E-state index in [1.54, 1.807) is 0 Å². The average molecular weight is 233 g/mol. The highest BCUT2D eigenvalue weighted by Crippen LogP contribution is 2.33. The molecule has 0 radical (unpaired) electrons. The van der Waals surface area contributed by atoms with Crippen LogP contribution in [0.25, 0.3) is 0 Å². The summed E-state index contributed by atoms with van der Waals surface area (Å²) in [6.45, 7) is 4.69. The molecule has 1 aromatic rings. The third-order valence-corrected chi connectivity index (χ3v) is 3.56. The van der Waals surface area contributed by atoms with Crippen molar-refractivity contribution in [1.29, 1.82) is 0 Å². The summed E-state index contributed by atoms with van der Waals surface area (Å²) in [6, 6.07) is 4.83. The molecule has 94 valence electrons. The third-order valence-electron chi connectivity index (χ3n) is 3.56. The van der Waals surface area contributed by atoms with E-state index in [1.165, 1.54) is 44.3 Å². The maximum absolute atomic E-state index is 4.43. The molecule has 2 rings (SSSR count). The Bertz CT molecular complexity index is 349. The summed E-state index contributed by atoms with van der Waals surface area (Å²) in [5.41, 5.74) is 1.36. The number of nitrogens with one attached hydrogen (secondary N) is 1. The van der Waals surface area contributed by atoms with Gasteiger partial charge in [-0.05, 0) is 38.4 Å². The average Bonchev–Trinajstić information content (AvgIpc) is 2.40. The lowest BCUT2D eigenvalue weighted by molar-refractivity contribution is 0.149. The first-order valence-corrected chi connectivity index (χ1v) is 6.73. The number of hydrogen-bond donors (Lipinski definition) is 1. The maximum atomic E-state index is 4.43. The van der Waals surface area contributed by atoms with Gasteiger partial charge in [0.1, 0.15) is 5.82 Å². The molecule has 1 saturated heterocycles. The molecule has 1 aromatic heterocycles. The molecular weight excluding hydrogens is 210 g/mol. The maximum Gasteiger partial charge on any atom is 0.130 e. The first-order valence-electron chi connectivity index (χ1n) is 6.73. The van der Waals surface area contributed by atoms with Gasteiger partial charge in [-0.1, -0.05) is 19.4 Å². The fourth-order valence-electron chi connectivity index (χ4n) is 2.79. The molecule has 1 aliphatic rings. The first kappa shape index (κ1) is 12.4. The number of pyridine rings is 1. The Kier molecular flexibility index (Phi) is 4.37. The van der Waals surface area contributed by atoms with E-state index in [1.807, 2.05) is 13.2 Å². The summed E-state index contributed by atoms with van der Waals surface area (Å²) in [5.74, 6) is 1.04. The SMILES string of the molecule is CCCN1CCCC[C@H]1c1cccnc1NC. The van der Waals surface area contributed by atoms with Crippen LogP contribution in [0.15, 0.2) is 18.3 Å². The smallest absolute Gasteiger partial charge is 0.130 e. The Morgan fingerprint density at radius 3 is 3.12 bits per heavy atom. The number of piperidine rings is 1. The van der Waals surface area contributed by atoms with Crippen molar-refractivity contribution in [3.63, 3.8) is 0 Å². The van der Waals surface area contributed by atoms with E-state index in [4.69, 9.17) is 0 Å². The summed E-state index contributed by atoms with van der Waals surface area (Å²) < 4.78 is 0. The van der Waals surface area contributed by atoms with Gasteiger partial charge in [0.15, 0.2) is 0 Å². The lowest BCUT2D eigenvalue weighted by Crippen LogP contribution is -2.34. The Morgan fingerprint density at radius 1 is 1.47 bits per heavy atom. The molecule has 3 heteroatoms. The van der Waals surface area contributed by atoms with Crippen LogP contribution in [0.1, 0.15) is 44.2 Å². The fraction of sp³-hybridized carbons (Fsp3) is 0.643. The lowest BCUT2D eigenvalue weighted by Gasteiger charge is -2.36. The van der Waals surface area contributed by atoms with Crippen molar-refractivity contribution in [2.45, 2.75) is 38.6 Å². The highest BCUT2D eigenvalue weighted by molar-refractivity contribution is 5.45. The summed E-state index contributed by atoms with van der Waals surface area (Å²) in [5, 5.41) is 3.22. The van der Waals surface area contributed by atoms with Crippen LogP contribution in [0.3, 0.4) is 0 Å². The second-order valence-corrected chi connectivity index (χ2v) is 4.74. The summed E-state index contributed by atoms with van der Waals surface area (Å²) in [4.78, 5) is 7.04. The highest BCUT2D eigenvalue weighted by Gasteiger charge is 2.25. The van der Waals surface area contributed by atoms with Crippen molar-refractivity contribution >= 4 is 5.82 Å². The molecule has 0 aromatic carbocycles. The van der Waals surface area contributed by atoms with Crippen molar-refractivity contribution in [2.75, 3.05) is 25.5 Å². The van der Waals surface area contributed by atoms with Gasteiger partial charge in [-0.2, -0.15) is 0 Å². The molecule has 0 unspecified atom stereocenters. The third kappa shape index (κ3) is 2.78. The van der Waals surface area contributed by atoms with E-state index in [9.17, 15) is 0 Å². The van der Waals surface area contributed by atoms with Gasteiger partial charge in [0.05, 0.1) is 0 Å². The molecule has 0 bridgehead atoms. The van der Waals surface area contributed by atoms with Crippen LogP contribution in [-0.4, -0.2) is 30.0 Å². The Hall–Kier alpha value is -1.09. The topological polar surface area (TPSA) is 28.2 Å². The van der Waals surface area contributed by atoms with E-state index in [-0.39, 0.29) is 0 Å². The molecule has 17 heavy (non-hydrogen) atoms. The van der Waals surface area contributed by atoms with Crippen LogP contribution < -0.4 is 5.32 Å². The molecule has 1 fully saturated rings. The highest BCUT2D eigenvalue weighted by atomic mass is 15.2. The molecule has 2 heterocycles. The van der Waals surface area contributed by atoms with Gasteiger partial charge < -0.3 is 5.32 Å². The summed E-state index contributed by atoms with van der Waals surface area (Å²) >= 11 is 0. The van der Waals surface area contributed by atoms with E-state index < -0.39 is 0 Å². The monoisotopic (exact) mass is 233 g/mol. The van der Waals surface area contributed by atoms with Crippen LogP contribution in [0.2, 0.25) is 0 Å². The second kappa shape index (κ2) is 6.01. The predicted molar refractivity (Wildman–Crippen MR) is 72.2 cm³/mol. The summed E-state index contributed by atoms with van der Waals surface area (Å²) in [7, 11) is 1.96. The number of likely N-dealkylation sites (tertiary alicyclic amines) is 1. The summed E-state index contributed by atoms with van der Waals surface area (Å²) in [6.07, 6.45) is 7.03. The minimum Gasteiger partial charge on any atom is -0.373 e. The fourth-order valence-corrected chi connectivity index (χ4v) is 2.79. The van der Waals surface area contributed by atoms with E-state index in [0.717, 1.165) is 5.82 Å². The molecule has 3 nitrogen and oxygen atoms in total. The molecular formula is C14H23N3. The van der Waals surface area contributed by atoms with E-state index in [0.29, 0.717) is 6.04 Å². The van der Waals surface area contributed by atoms with Crippen molar-refractivity contribution in [2.24, 2.45) is 0 Å². The van der Waals surface area contributed by atoms with Crippen LogP contribution in [0.5, 0.6) is 0 Å². The van der Waals surface area contributed by atoms with Gasteiger partial charge in [-0.15, -0.1) is 0 Å². The standard InChI is InChI=1S/C14H23N3/c1-3-10-17-11-5-4-8-13(17)12-7-6-9-16-14(12)15-2/h6-7,9,13H,3-5,8,10-11H2,1-2H3,(H,15,16)/t13-/m0/s1. The molecule has 1 aliphatic heterocycles. The quantitative estimate of drug-likeness (QED) is 0.866. The number of hydrogen-bond acceptors (Lipinski definition) is 3. The van der Waals surface area contributed by atoms with E-state index in [2.05, 4.69) is 34.3 Å². The van der Waals surface area contributed by atoms with Crippen LogP contribution in [0.4, 0.5) is 5.82 Å². The predicted octanol–water partition coefficient (Wildman–Crippen LogP) is 3.06. The number of rotatable bonds is 4. The Balaban J connectivity index is 2.22. The van der Waals surface area contributed by atoms with Crippen LogP contribution in [0, 0.1) is 0 Å². The Morgan fingerprint density at radius 2 is 2.35 bits per heavy atom. The van der Waals surface area contributed by atoms with Crippen LogP contribution in [-0.2, 0) is 0 Å². The van der Waals surface area contributed by atoms with Gasteiger partial charge in [-0.3, -0.25) is 4.90 Å². The van der Waals surface area contributed by atoms with Crippen molar-refractivity contribution < 1.29 is 0 Å². The zero-order valence-electron chi connectivity index (χ0n) is 10.9. The molecule has 0 spiro atoms. The molecule has 1 atom stereocenters.